The van der Waals surface area contributed by atoms with Crippen molar-refractivity contribution in [2.75, 3.05) is 0 Å². The maximum absolute atomic E-state index is 4.38. The minimum absolute atomic E-state index is 0.514. The molecular weight excluding hydrogens is 210 g/mol. The van der Waals surface area contributed by atoms with Gasteiger partial charge < -0.3 is 5.32 Å². The first-order chi connectivity index (χ1) is 7.96. The van der Waals surface area contributed by atoms with Crippen LogP contribution in [0.4, 0.5) is 0 Å². The van der Waals surface area contributed by atoms with E-state index in [0.717, 1.165) is 12.2 Å². The number of hydrogen-bond donors (Lipinski definition) is 1. The van der Waals surface area contributed by atoms with Crippen LogP contribution in [0, 0.1) is 12.3 Å². The molecule has 0 radical (unpaired) electrons. The summed E-state index contributed by atoms with van der Waals surface area (Å²) in [5.74, 6) is 0. The average Bonchev–Trinajstić information content (AvgIpc) is 2.53. The summed E-state index contributed by atoms with van der Waals surface area (Å²) in [7, 11) is 1.99. The Labute approximate surface area is 105 Å². The summed E-state index contributed by atoms with van der Waals surface area (Å²) in [6, 6.07) is 0.679. The lowest BCUT2D eigenvalue weighted by Gasteiger charge is -2.35. The Balaban J connectivity index is 1.88. The molecule has 1 atom stereocenters. The maximum atomic E-state index is 4.38. The van der Waals surface area contributed by atoms with Crippen LogP contribution >= 0.6 is 0 Å². The molecule has 0 aromatic carbocycles. The van der Waals surface area contributed by atoms with Gasteiger partial charge in [-0.25, -0.2) is 0 Å². The van der Waals surface area contributed by atoms with Crippen molar-refractivity contribution < 1.29 is 0 Å². The zero-order valence-electron chi connectivity index (χ0n) is 11.6. The molecule has 1 heterocycles. The molecule has 96 valence electrons. The largest absolute Gasteiger partial charge is 0.310 e. The van der Waals surface area contributed by atoms with Crippen molar-refractivity contribution in [2.45, 2.75) is 59.0 Å². The molecule has 0 amide bonds. The molecule has 3 heteroatoms. The van der Waals surface area contributed by atoms with Gasteiger partial charge in [0, 0.05) is 31.4 Å². The fourth-order valence-corrected chi connectivity index (χ4v) is 2.95. The summed E-state index contributed by atoms with van der Waals surface area (Å²) in [6.45, 7) is 7.81. The fraction of sp³-hybridized carbons (Fsp3) is 0.786. The second-order valence-electron chi connectivity index (χ2n) is 6.25. The lowest BCUT2D eigenvalue weighted by molar-refractivity contribution is 0.197. The van der Waals surface area contributed by atoms with Gasteiger partial charge in [0.15, 0.2) is 0 Å². The highest BCUT2D eigenvalue weighted by atomic mass is 15.2. The van der Waals surface area contributed by atoms with E-state index in [0.29, 0.717) is 11.5 Å². The lowest BCUT2D eigenvalue weighted by atomic mass is 9.75. The molecule has 2 rings (SSSR count). The van der Waals surface area contributed by atoms with Crippen molar-refractivity contribution in [2.24, 2.45) is 12.5 Å². The highest BCUT2D eigenvalue weighted by Gasteiger charge is 2.27. The quantitative estimate of drug-likeness (QED) is 0.873. The summed E-state index contributed by atoms with van der Waals surface area (Å²) < 4.78 is 1.90. The predicted molar refractivity (Wildman–Crippen MR) is 70.8 cm³/mol. The summed E-state index contributed by atoms with van der Waals surface area (Å²) in [6.07, 6.45) is 7.47. The van der Waals surface area contributed by atoms with Gasteiger partial charge in [-0.3, -0.25) is 4.68 Å². The van der Waals surface area contributed by atoms with Crippen LogP contribution < -0.4 is 5.32 Å². The van der Waals surface area contributed by atoms with Crippen LogP contribution in [0.5, 0.6) is 0 Å². The molecule has 0 aliphatic heterocycles. The van der Waals surface area contributed by atoms with Gasteiger partial charge in [0.25, 0.3) is 0 Å². The van der Waals surface area contributed by atoms with E-state index in [1.807, 2.05) is 11.7 Å². The van der Waals surface area contributed by atoms with E-state index in [1.54, 1.807) is 0 Å². The monoisotopic (exact) mass is 235 g/mol. The Kier molecular flexibility index (Phi) is 3.57. The average molecular weight is 235 g/mol. The SMILES string of the molecule is Cc1nn(C)cc1CNC1CCCC(C)(C)C1. The van der Waals surface area contributed by atoms with Gasteiger partial charge in [-0.05, 0) is 31.6 Å². The maximum Gasteiger partial charge on any atom is 0.0638 e. The van der Waals surface area contributed by atoms with Crippen LogP contribution in [0.2, 0.25) is 0 Å². The zero-order chi connectivity index (χ0) is 12.5. The summed E-state index contributed by atoms with van der Waals surface area (Å²) in [5, 5.41) is 8.07. The molecule has 1 aromatic rings. The van der Waals surface area contributed by atoms with E-state index in [2.05, 4.69) is 37.4 Å². The topological polar surface area (TPSA) is 29.9 Å². The molecular formula is C14H25N3. The smallest absolute Gasteiger partial charge is 0.0638 e. The van der Waals surface area contributed by atoms with Gasteiger partial charge in [-0.15, -0.1) is 0 Å². The predicted octanol–water partition coefficient (Wildman–Crippen LogP) is 2.79. The molecule has 3 nitrogen and oxygen atoms in total. The van der Waals surface area contributed by atoms with Gasteiger partial charge in [0.2, 0.25) is 0 Å². The Morgan fingerprint density at radius 3 is 2.88 bits per heavy atom. The molecule has 0 bridgehead atoms. The molecule has 0 spiro atoms. The highest BCUT2D eigenvalue weighted by Crippen LogP contribution is 2.35. The number of nitrogens with zero attached hydrogens (tertiary/aromatic N) is 2. The van der Waals surface area contributed by atoms with Crippen molar-refractivity contribution in [1.29, 1.82) is 0 Å². The minimum Gasteiger partial charge on any atom is -0.310 e. The van der Waals surface area contributed by atoms with Crippen LogP contribution in [0.1, 0.15) is 50.8 Å². The molecule has 1 aromatic heterocycles. The van der Waals surface area contributed by atoms with E-state index in [9.17, 15) is 0 Å². The standard InChI is InChI=1S/C14H25N3/c1-11-12(10-17(4)16-11)9-15-13-6-5-7-14(2,3)8-13/h10,13,15H,5-9H2,1-4H3. The summed E-state index contributed by atoms with van der Waals surface area (Å²) >= 11 is 0. The Morgan fingerprint density at radius 1 is 1.53 bits per heavy atom. The van der Waals surface area contributed by atoms with E-state index in [-0.39, 0.29) is 0 Å². The second-order valence-corrected chi connectivity index (χ2v) is 6.25. The van der Waals surface area contributed by atoms with Crippen molar-refractivity contribution in [3.63, 3.8) is 0 Å². The van der Waals surface area contributed by atoms with Crippen molar-refractivity contribution in [3.05, 3.63) is 17.5 Å². The number of rotatable bonds is 3. The van der Waals surface area contributed by atoms with Gasteiger partial charge in [0.1, 0.15) is 0 Å². The number of nitrogens with one attached hydrogen (secondary N) is 1. The van der Waals surface area contributed by atoms with Crippen molar-refractivity contribution in [1.82, 2.24) is 15.1 Å². The van der Waals surface area contributed by atoms with Crippen LogP contribution in [-0.4, -0.2) is 15.8 Å². The van der Waals surface area contributed by atoms with E-state index < -0.39 is 0 Å². The van der Waals surface area contributed by atoms with Crippen molar-refractivity contribution in [3.8, 4) is 0 Å². The van der Waals surface area contributed by atoms with Crippen LogP contribution in [0.3, 0.4) is 0 Å². The third kappa shape index (κ3) is 3.32. The Morgan fingerprint density at radius 2 is 2.29 bits per heavy atom. The van der Waals surface area contributed by atoms with E-state index in [4.69, 9.17) is 0 Å². The second kappa shape index (κ2) is 4.81. The van der Waals surface area contributed by atoms with Crippen LogP contribution in [0.25, 0.3) is 0 Å². The lowest BCUT2D eigenvalue weighted by Crippen LogP contribution is -2.36. The number of aromatic nitrogens is 2. The molecule has 1 aliphatic carbocycles. The highest BCUT2D eigenvalue weighted by molar-refractivity contribution is 5.15. The Hall–Kier alpha value is -0.830. The molecule has 17 heavy (non-hydrogen) atoms. The molecule has 1 N–H and O–H groups in total. The van der Waals surface area contributed by atoms with Gasteiger partial charge in [-0.2, -0.15) is 5.10 Å². The van der Waals surface area contributed by atoms with Gasteiger partial charge in [-0.1, -0.05) is 20.3 Å². The number of hydrogen-bond acceptors (Lipinski definition) is 2. The first-order valence-electron chi connectivity index (χ1n) is 6.69. The third-order valence-electron chi connectivity index (χ3n) is 3.90. The van der Waals surface area contributed by atoms with Crippen LogP contribution in [-0.2, 0) is 13.6 Å². The van der Waals surface area contributed by atoms with E-state index in [1.165, 1.54) is 31.2 Å². The van der Waals surface area contributed by atoms with Crippen molar-refractivity contribution >= 4 is 0 Å². The van der Waals surface area contributed by atoms with E-state index >= 15 is 0 Å². The Bertz CT molecular complexity index is 379. The first kappa shape index (κ1) is 12.6. The molecule has 1 aliphatic rings. The molecule has 1 fully saturated rings. The number of aryl methyl sites for hydroxylation is 2. The minimum atomic E-state index is 0.514. The zero-order valence-corrected chi connectivity index (χ0v) is 11.6. The molecule has 1 saturated carbocycles. The fourth-order valence-electron chi connectivity index (χ4n) is 2.95. The van der Waals surface area contributed by atoms with Crippen LogP contribution in [0.15, 0.2) is 6.20 Å². The summed E-state index contributed by atoms with van der Waals surface area (Å²) in [4.78, 5) is 0. The third-order valence-corrected chi connectivity index (χ3v) is 3.90. The van der Waals surface area contributed by atoms with Gasteiger partial charge in [0.05, 0.1) is 5.69 Å². The van der Waals surface area contributed by atoms with Gasteiger partial charge >= 0.3 is 0 Å². The first-order valence-corrected chi connectivity index (χ1v) is 6.69. The molecule has 0 saturated heterocycles. The normalized spacial score (nSPS) is 23.9. The summed E-state index contributed by atoms with van der Waals surface area (Å²) in [5.41, 5.74) is 2.99. The molecule has 1 unspecified atom stereocenters.